The van der Waals surface area contributed by atoms with Crippen molar-refractivity contribution in [3.8, 4) is 0 Å². The highest BCUT2D eigenvalue weighted by molar-refractivity contribution is 7.99. The van der Waals surface area contributed by atoms with E-state index in [0.717, 1.165) is 24.7 Å². The lowest BCUT2D eigenvalue weighted by molar-refractivity contribution is -0.105. The largest absolute Gasteiger partial charge is 0.396 e. The molecule has 1 aliphatic rings. The number of allylic oxidation sites excluding steroid dienone is 1. The van der Waals surface area contributed by atoms with Crippen LogP contribution < -0.4 is 10.0 Å². The zero-order valence-corrected chi connectivity index (χ0v) is 20.2. The Bertz CT molecular complexity index is 777. The van der Waals surface area contributed by atoms with Gasteiger partial charge in [0.1, 0.15) is 17.9 Å². The van der Waals surface area contributed by atoms with Crippen molar-refractivity contribution >= 4 is 23.9 Å². The lowest BCUT2D eigenvalue weighted by Crippen LogP contribution is -2.26. The average Bonchev–Trinajstić information content (AvgIpc) is 3.51. The van der Waals surface area contributed by atoms with Crippen LogP contribution in [0, 0.1) is 12.7 Å². The predicted octanol–water partition coefficient (Wildman–Crippen LogP) is 4.23. The summed E-state index contributed by atoms with van der Waals surface area (Å²) in [6.45, 7) is 6.13. The van der Waals surface area contributed by atoms with Crippen molar-refractivity contribution in [2.75, 3.05) is 39.7 Å². The number of benzene rings is 1. The van der Waals surface area contributed by atoms with Crippen LogP contribution in [0.1, 0.15) is 38.7 Å². The van der Waals surface area contributed by atoms with Crippen molar-refractivity contribution in [2.24, 2.45) is 0 Å². The molecule has 0 bridgehead atoms. The van der Waals surface area contributed by atoms with Gasteiger partial charge in [0.2, 0.25) is 0 Å². The predicted molar refractivity (Wildman–Crippen MR) is 127 cm³/mol. The Kier molecular flexibility index (Phi) is 11.7. The summed E-state index contributed by atoms with van der Waals surface area (Å²) in [6, 6.07) is 4.99. The Morgan fingerprint density at radius 2 is 2.03 bits per heavy atom. The third kappa shape index (κ3) is 8.55. The zero-order valence-electron chi connectivity index (χ0n) is 19.4. The number of nitrogens with zero attached hydrogens (tertiary/aromatic N) is 1. The van der Waals surface area contributed by atoms with E-state index in [2.05, 4.69) is 10.0 Å². The molecule has 1 fully saturated rings. The molecule has 0 aliphatic heterocycles. The quantitative estimate of drug-likeness (QED) is 0.189. The van der Waals surface area contributed by atoms with Gasteiger partial charge in [0.25, 0.3) is 0 Å². The molecule has 8 heteroatoms. The van der Waals surface area contributed by atoms with E-state index in [4.69, 9.17) is 4.74 Å². The summed E-state index contributed by atoms with van der Waals surface area (Å²) in [5, 5.41) is 12.5. The molecule has 174 valence electrons. The first-order chi connectivity index (χ1) is 14.8. The smallest absolute Gasteiger partial charge is 0.148 e. The molecule has 6 nitrogen and oxygen atoms in total. The Labute approximate surface area is 190 Å². The molecule has 1 saturated carbocycles. The molecule has 0 heterocycles. The van der Waals surface area contributed by atoms with E-state index in [-0.39, 0.29) is 23.8 Å². The SMILES string of the molecule is CC.COC/C(C=O)=C/C(NSC1(CCO)CC1)=C(/Nc1ccc(C)cc1F)N(C)C. The second-order valence-electron chi connectivity index (χ2n) is 7.40. The molecule has 1 aromatic carbocycles. The van der Waals surface area contributed by atoms with Crippen LogP contribution in [0.15, 0.2) is 41.4 Å². The van der Waals surface area contributed by atoms with E-state index in [9.17, 15) is 14.3 Å². The van der Waals surface area contributed by atoms with Crippen molar-refractivity contribution in [1.82, 2.24) is 9.62 Å². The molecule has 2 rings (SSSR count). The number of aliphatic hydroxyl groups is 1. The minimum Gasteiger partial charge on any atom is -0.396 e. The first kappa shape index (κ1) is 27.0. The molecule has 0 atom stereocenters. The van der Waals surface area contributed by atoms with Crippen LogP contribution in [0.3, 0.4) is 0 Å². The molecule has 3 N–H and O–H groups in total. The van der Waals surface area contributed by atoms with E-state index in [1.165, 1.54) is 25.1 Å². The number of aliphatic hydroxyl groups excluding tert-OH is 1. The van der Waals surface area contributed by atoms with E-state index >= 15 is 0 Å². The van der Waals surface area contributed by atoms with Crippen LogP contribution in [-0.2, 0) is 9.53 Å². The maximum atomic E-state index is 14.4. The molecule has 0 radical (unpaired) electrons. The molecule has 0 aromatic heterocycles. The lowest BCUT2D eigenvalue weighted by Gasteiger charge is -2.25. The van der Waals surface area contributed by atoms with Crippen molar-refractivity contribution in [3.63, 3.8) is 0 Å². The highest BCUT2D eigenvalue weighted by Crippen LogP contribution is 2.50. The Balaban J connectivity index is 0.00000233. The van der Waals surface area contributed by atoms with Gasteiger partial charge in [0.05, 0.1) is 18.0 Å². The van der Waals surface area contributed by atoms with Gasteiger partial charge in [-0.2, -0.15) is 0 Å². The fourth-order valence-electron chi connectivity index (χ4n) is 2.79. The molecular weight excluding hydrogens is 417 g/mol. The number of nitrogens with one attached hydrogen (secondary N) is 2. The third-order valence-electron chi connectivity index (χ3n) is 4.62. The van der Waals surface area contributed by atoms with Gasteiger partial charge in [-0.1, -0.05) is 19.9 Å². The maximum Gasteiger partial charge on any atom is 0.148 e. The summed E-state index contributed by atoms with van der Waals surface area (Å²) in [5.74, 6) is 0.252. The number of carbonyl (C=O) groups is 1. The van der Waals surface area contributed by atoms with Gasteiger partial charge in [-0.15, -0.1) is 0 Å². The van der Waals surface area contributed by atoms with Gasteiger partial charge >= 0.3 is 0 Å². The van der Waals surface area contributed by atoms with E-state index in [1.54, 1.807) is 12.1 Å². The molecule has 31 heavy (non-hydrogen) atoms. The second kappa shape index (κ2) is 13.4. The molecule has 1 aromatic rings. The van der Waals surface area contributed by atoms with Crippen LogP contribution in [0.2, 0.25) is 0 Å². The lowest BCUT2D eigenvalue weighted by atomic mass is 10.2. The molecule has 0 saturated heterocycles. The molecule has 1 aliphatic carbocycles. The first-order valence-electron chi connectivity index (χ1n) is 10.5. The van der Waals surface area contributed by atoms with Gasteiger partial charge in [-0.05, 0) is 61.9 Å². The number of carbonyl (C=O) groups excluding carboxylic acids is 1. The number of hydrogen-bond donors (Lipinski definition) is 3. The summed E-state index contributed by atoms with van der Waals surface area (Å²) in [7, 11) is 5.20. The maximum absolute atomic E-state index is 14.4. The Morgan fingerprint density at radius 1 is 1.35 bits per heavy atom. The highest BCUT2D eigenvalue weighted by Gasteiger charge is 2.43. The molecule has 0 amide bonds. The van der Waals surface area contributed by atoms with Crippen molar-refractivity contribution in [1.29, 1.82) is 0 Å². The summed E-state index contributed by atoms with van der Waals surface area (Å²) in [6.07, 6.45) is 5.16. The van der Waals surface area contributed by atoms with Gasteiger partial charge < -0.3 is 24.8 Å². The van der Waals surface area contributed by atoms with E-state index in [1.807, 2.05) is 45.8 Å². The highest BCUT2D eigenvalue weighted by atomic mass is 32.2. The standard InChI is InChI=1S/C21H30FN3O3S.C2H6/c1-15-5-6-18(17(22)11-15)23-20(25(2)3)19(12-16(13-27)14-28-4)24-29-21(7-8-21)9-10-26;1-2/h5-6,11-13,23-24,26H,7-10,14H2,1-4H3;1-2H3/b16-12+,20-19+;. The van der Waals surface area contributed by atoms with Crippen molar-refractivity contribution in [3.05, 3.63) is 52.7 Å². The molecular formula is C23H36FN3O3S. The summed E-state index contributed by atoms with van der Waals surface area (Å²) in [4.78, 5) is 13.3. The van der Waals surface area contributed by atoms with Crippen molar-refractivity contribution < 1.29 is 19.0 Å². The fraction of sp³-hybridized carbons (Fsp3) is 0.522. The first-order valence-corrected chi connectivity index (χ1v) is 11.3. The summed E-state index contributed by atoms with van der Waals surface area (Å²) in [5.41, 5.74) is 2.25. The molecule has 0 spiro atoms. The van der Waals surface area contributed by atoms with Crippen LogP contribution >= 0.6 is 11.9 Å². The van der Waals surface area contributed by atoms with E-state index in [0.29, 0.717) is 29.2 Å². The number of halogens is 1. The number of hydrogen-bond acceptors (Lipinski definition) is 7. The number of aldehydes is 1. The number of anilines is 1. The van der Waals surface area contributed by atoms with Gasteiger partial charge in [-0.25, -0.2) is 4.39 Å². The van der Waals surface area contributed by atoms with Crippen LogP contribution in [0.5, 0.6) is 0 Å². The van der Waals surface area contributed by atoms with Gasteiger partial charge in [0, 0.05) is 38.1 Å². The van der Waals surface area contributed by atoms with Crippen LogP contribution in [0.25, 0.3) is 0 Å². The topological polar surface area (TPSA) is 73.8 Å². The van der Waals surface area contributed by atoms with Gasteiger partial charge in [0.15, 0.2) is 0 Å². The summed E-state index contributed by atoms with van der Waals surface area (Å²) >= 11 is 1.53. The van der Waals surface area contributed by atoms with Gasteiger partial charge in [-0.3, -0.25) is 4.79 Å². The van der Waals surface area contributed by atoms with Crippen molar-refractivity contribution in [2.45, 2.75) is 44.8 Å². The summed E-state index contributed by atoms with van der Waals surface area (Å²) < 4.78 is 22.8. The van der Waals surface area contributed by atoms with E-state index < -0.39 is 0 Å². The van der Waals surface area contributed by atoms with Crippen LogP contribution in [-0.4, -0.2) is 55.5 Å². The minimum absolute atomic E-state index is 0.0109. The third-order valence-corrected chi connectivity index (χ3v) is 5.99. The van der Waals surface area contributed by atoms with Crippen LogP contribution in [0.4, 0.5) is 10.1 Å². The molecule has 0 unspecified atom stereocenters. The number of rotatable bonds is 12. The monoisotopic (exact) mass is 453 g/mol. The Hall–Kier alpha value is -2.03. The minimum atomic E-state index is -0.355. The number of ether oxygens (including phenoxy) is 1. The fourth-order valence-corrected chi connectivity index (χ4v) is 3.77. The number of aryl methyl sites for hydroxylation is 1. The Morgan fingerprint density at radius 3 is 2.52 bits per heavy atom. The number of methoxy groups -OCH3 is 1. The zero-order chi connectivity index (χ0) is 23.4. The normalized spacial score (nSPS) is 15.3. The average molecular weight is 454 g/mol. The second-order valence-corrected chi connectivity index (χ2v) is 8.67.